The molecule has 10 heteroatoms. The van der Waals surface area contributed by atoms with E-state index in [0.29, 0.717) is 22.3 Å². The first-order valence-electron chi connectivity index (χ1n) is 9.01. The number of rotatable bonds is 7. The van der Waals surface area contributed by atoms with Gasteiger partial charge in [0, 0.05) is 30.6 Å². The van der Waals surface area contributed by atoms with E-state index in [1.807, 2.05) is 19.1 Å². The molecule has 0 aliphatic carbocycles. The first-order chi connectivity index (χ1) is 14.2. The fourth-order valence-electron chi connectivity index (χ4n) is 2.96. The summed E-state index contributed by atoms with van der Waals surface area (Å²) in [4.78, 5) is 15.0. The average Bonchev–Trinajstić information content (AvgIpc) is 2.71. The van der Waals surface area contributed by atoms with Crippen molar-refractivity contribution in [3.05, 3.63) is 69.3 Å². The molecule has 0 aliphatic rings. The second-order valence-corrected chi connectivity index (χ2v) is 8.45. The Morgan fingerprint density at radius 3 is 2.60 bits per heavy atom. The van der Waals surface area contributed by atoms with Crippen LogP contribution < -0.4 is 10.0 Å². The Balaban J connectivity index is 1.72. The number of nitro groups is 1. The van der Waals surface area contributed by atoms with Crippen LogP contribution in [0.2, 0.25) is 0 Å². The second kappa shape index (κ2) is 8.44. The van der Waals surface area contributed by atoms with Crippen LogP contribution in [0.1, 0.15) is 16.7 Å². The molecule has 0 radical (unpaired) electrons. The molecule has 0 bridgehead atoms. The third-order valence-corrected chi connectivity index (χ3v) is 6.08. The Morgan fingerprint density at radius 2 is 1.90 bits per heavy atom. The molecule has 154 valence electrons. The van der Waals surface area contributed by atoms with Crippen LogP contribution in [0.25, 0.3) is 10.9 Å². The molecule has 0 atom stereocenters. The lowest BCUT2D eigenvalue weighted by molar-refractivity contribution is -0.384. The minimum atomic E-state index is -3.65. The molecule has 2 aromatic carbocycles. The van der Waals surface area contributed by atoms with Gasteiger partial charge in [-0.2, -0.15) is 5.26 Å². The van der Waals surface area contributed by atoms with Crippen LogP contribution >= 0.6 is 0 Å². The summed E-state index contributed by atoms with van der Waals surface area (Å²) in [6.07, 6.45) is 0. The van der Waals surface area contributed by atoms with Crippen molar-refractivity contribution < 1.29 is 13.3 Å². The summed E-state index contributed by atoms with van der Waals surface area (Å²) >= 11 is 0. The van der Waals surface area contributed by atoms with E-state index in [-0.39, 0.29) is 29.2 Å². The highest BCUT2D eigenvalue weighted by molar-refractivity contribution is 7.89. The largest absolute Gasteiger partial charge is 0.369 e. The van der Waals surface area contributed by atoms with E-state index in [4.69, 9.17) is 0 Å². The highest BCUT2D eigenvalue weighted by Gasteiger charge is 2.16. The van der Waals surface area contributed by atoms with Crippen molar-refractivity contribution in [3.63, 3.8) is 0 Å². The smallest absolute Gasteiger partial charge is 0.270 e. The van der Waals surface area contributed by atoms with Gasteiger partial charge in [-0.3, -0.25) is 10.1 Å². The maximum absolute atomic E-state index is 12.5. The molecule has 0 saturated heterocycles. The third kappa shape index (κ3) is 4.53. The minimum absolute atomic E-state index is 0.109. The Labute approximate surface area is 173 Å². The molecule has 0 amide bonds. The van der Waals surface area contributed by atoms with Crippen LogP contribution in [-0.4, -0.2) is 31.4 Å². The van der Waals surface area contributed by atoms with Crippen LogP contribution in [0.15, 0.2) is 47.4 Å². The average molecular weight is 425 g/mol. The minimum Gasteiger partial charge on any atom is -0.369 e. The van der Waals surface area contributed by atoms with Gasteiger partial charge in [0.05, 0.1) is 27.0 Å². The summed E-state index contributed by atoms with van der Waals surface area (Å²) in [6, 6.07) is 12.8. The summed E-state index contributed by atoms with van der Waals surface area (Å²) in [5, 5.41) is 23.7. The van der Waals surface area contributed by atoms with Crippen LogP contribution in [0, 0.1) is 35.3 Å². The SMILES string of the molecule is Cc1ccc(C)c(S(=O)(=O)NCCNc2cc(C#N)c3cc([N+](=O)[O-])ccc3n2)c1. The number of non-ortho nitro benzene ring substituents is 1. The molecule has 0 spiro atoms. The van der Waals surface area contributed by atoms with Crippen molar-refractivity contribution >= 4 is 32.4 Å². The number of aromatic nitrogens is 1. The maximum Gasteiger partial charge on any atom is 0.270 e. The van der Waals surface area contributed by atoms with Gasteiger partial charge < -0.3 is 5.32 Å². The zero-order valence-corrected chi connectivity index (χ0v) is 17.2. The zero-order valence-electron chi connectivity index (χ0n) is 16.3. The molecule has 3 rings (SSSR count). The van der Waals surface area contributed by atoms with Crippen molar-refractivity contribution in [1.29, 1.82) is 5.26 Å². The zero-order chi connectivity index (χ0) is 21.9. The highest BCUT2D eigenvalue weighted by atomic mass is 32.2. The summed E-state index contributed by atoms with van der Waals surface area (Å²) in [5.74, 6) is 0.374. The van der Waals surface area contributed by atoms with Crippen molar-refractivity contribution in [3.8, 4) is 6.07 Å². The van der Waals surface area contributed by atoms with Gasteiger partial charge in [-0.25, -0.2) is 18.1 Å². The molecule has 1 heterocycles. The quantitative estimate of drug-likeness (QED) is 0.337. The van der Waals surface area contributed by atoms with Crippen molar-refractivity contribution in [2.45, 2.75) is 18.7 Å². The number of hydrogen-bond donors (Lipinski definition) is 2. The van der Waals surface area contributed by atoms with Gasteiger partial charge in [-0.15, -0.1) is 0 Å². The van der Waals surface area contributed by atoms with E-state index in [2.05, 4.69) is 15.0 Å². The van der Waals surface area contributed by atoms with Gasteiger partial charge in [0.15, 0.2) is 0 Å². The number of nitro benzene ring substituents is 1. The second-order valence-electron chi connectivity index (χ2n) is 6.72. The fraction of sp³-hybridized carbons (Fsp3) is 0.200. The maximum atomic E-state index is 12.5. The predicted octanol–water partition coefficient (Wildman–Crippen LogP) is 3.02. The van der Waals surface area contributed by atoms with Gasteiger partial charge >= 0.3 is 0 Å². The Morgan fingerprint density at radius 1 is 1.13 bits per heavy atom. The molecule has 0 fully saturated rings. The number of fused-ring (bicyclic) bond motifs is 1. The molecule has 0 unspecified atom stereocenters. The van der Waals surface area contributed by atoms with E-state index in [9.17, 15) is 23.8 Å². The predicted molar refractivity (Wildman–Crippen MR) is 113 cm³/mol. The van der Waals surface area contributed by atoms with E-state index >= 15 is 0 Å². The van der Waals surface area contributed by atoms with Crippen LogP contribution in [-0.2, 0) is 10.0 Å². The molecule has 2 N–H and O–H groups in total. The van der Waals surface area contributed by atoms with Crippen molar-refractivity contribution in [2.24, 2.45) is 0 Å². The molecule has 3 aromatic rings. The number of nitrogens with zero attached hydrogens (tertiary/aromatic N) is 3. The first-order valence-corrected chi connectivity index (χ1v) is 10.5. The third-order valence-electron chi connectivity index (χ3n) is 4.48. The normalized spacial score (nSPS) is 11.2. The van der Waals surface area contributed by atoms with Crippen LogP contribution in [0.3, 0.4) is 0 Å². The fourth-order valence-corrected chi connectivity index (χ4v) is 4.32. The van der Waals surface area contributed by atoms with E-state index in [1.54, 1.807) is 19.1 Å². The molecule has 9 nitrogen and oxygen atoms in total. The summed E-state index contributed by atoms with van der Waals surface area (Å²) < 4.78 is 27.6. The Kier molecular flexibility index (Phi) is 5.96. The molecule has 30 heavy (non-hydrogen) atoms. The first kappa shape index (κ1) is 21.2. The molecule has 1 aromatic heterocycles. The molecule has 0 aliphatic heterocycles. The van der Waals surface area contributed by atoms with Gasteiger partial charge in [0.1, 0.15) is 5.82 Å². The number of anilines is 1. The van der Waals surface area contributed by atoms with E-state index < -0.39 is 14.9 Å². The van der Waals surface area contributed by atoms with Gasteiger partial charge in [0.25, 0.3) is 5.69 Å². The number of aryl methyl sites for hydroxylation is 2. The van der Waals surface area contributed by atoms with Gasteiger partial charge in [-0.05, 0) is 43.2 Å². The number of pyridine rings is 1. The van der Waals surface area contributed by atoms with Crippen molar-refractivity contribution in [2.75, 3.05) is 18.4 Å². The monoisotopic (exact) mass is 425 g/mol. The number of benzene rings is 2. The Bertz CT molecular complexity index is 1280. The number of hydrogen-bond acceptors (Lipinski definition) is 7. The molecular formula is C20H19N5O4S. The van der Waals surface area contributed by atoms with E-state index in [0.717, 1.165) is 5.56 Å². The van der Waals surface area contributed by atoms with Crippen molar-refractivity contribution in [1.82, 2.24) is 9.71 Å². The van der Waals surface area contributed by atoms with Crippen LogP contribution in [0.5, 0.6) is 0 Å². The van der Waals surface area contributed by atoms with Gasteiger partial charge in [0.2, 0.25) is 10.0 Å². The number of sulfonamides is 1. The Hall–Kier alpha value is -3.55. The molecular weight excluding hydrogens is 406 g/mol. The van der Waals surface area contributed by atoms with Crippen LogP contribution in [0.4, 0.5) is 11.5 Å². The van der Waals surface area contributed by atoms with Gasteiger partial charge in [-0.1, -0.05) is 12.1 Å². The number of nitriles is 1. The molecule has 0 saturated carbocycles. The van der Waals surface area contributed by atoms with E-state index in [1.165, 1.54) is 24.3 Å². The topological polar surface area (TPSA) is 138 Å². The standard InChI is InChI=1S/C20H19N5O4S/c1-13-3-4-14(2)19(9-13)30(28,29)23-8-7-22-20-10-15(12-21)17-11-16(25(26)27)5-6-18(17)24-20/h3-6,9-11,23H,7-8H2,1-2H3,(H,22,24). The summed E-state index contributed by atoms with van der Waals surface area (Å²) in [7, 11) is -3.65. The lowest BCUT2D eigenvalue weighted by Crippen LogP contribution is -2.29. The summed E-state index contributed by atoms with van der Waals surface area (Å²) in [6.45, 7) is 3.91. The summed E-state index contributed by atoms with van der Waals surface area (Å²) in [5.41, 5.74) is 2.05. The number of nitrogens with one attached hydrogen (secondary N) is 2. The lowest BCUT2D eigenvalue weighted by atomic mass is 10.1. The highest BCUT2D eigenvalue weighted by Crippen LogP contribution is 2.24. The lowest BCUT2D eigenvalue weighted by Gasteiger charge is -2.11.